The van der Waals surface area contributed by atoms with Gasteiger partial charge in [-0.3, -0.25) is 9.78 Å². The average molecular weight is 333 g/mol. The van der Waals surface area contributed by atoms with Crippen LogP contribution in [-0.2, 0) is 0 Å². The summed E-state index contributed by atoms with van der Waals surface area (Å²) < 4.78 is 1.00. The molecular formula is C17H11N5OS. The summed E-state index contributed by atoms with van der Waals surface area (Å²) in [6.45, 7) is 0. The van der Waals surface area contributed by atoms with Crippen molar-refractivity contribution in [3.05, 3.63) is 67.0 Å². The van der Waals surface area contributed by atoms with Crippen molar-refractivity contribution in [2.45, 2.75) is 0 Å². The highest BCUT2D eigenvalue weighted by atomic mass is 32.1. The second kappa shape index (κ2) is 6.13. The van der Waals surface area contributed by atoms with Gasteiger partial charge in [0.1, 0.15) is 17.0 Å². The molecule has 4 aromatic rings. The van der Waals surface area contributed by atoms with Crippen molar-refractivity contribution < 1.29 is 4.79 Å². The minimum atomic E-state index is -0.285. The highest BCUT2D eigenvalue weighted by Gasteiger charge is 2.13. The minimum absolute atomic E-state index is 0.285. The molecule has 0 bridgehead atoms. The van der Waals surface area contributed by atoms with E-state index in [0.29, 0.717) is 11.4 Å². The molecule has 3 heterocycles. The van der Waals surface area contributed by atoms with Crippen molar-refractivity contribution in [1.82, 2.24) is 19.9 Å². The van der Waals surface area contributed by atoms with Crippen molar-refractivity contribution >= 4 is 33.1 Å². The number of rotatable bonds is 3. The highest BCUT2D eigenvalue weighted by Crippen LogP contribution is 2.34. The maximum Gasteiger partial charge on any atom is 0.274 e. The number of benzene rings is 1. The number of para-hydroxylation sites is 1. The number of pyridine rings is 1. The molecular weight excluding hydrogens is 322 g/mol. The number of nitrogens with zero attached hydrogens (tertiary/aromatic N) is 4. The monoisotopic (exact) mass is 333 g/mol. The molecule has 6 nitrogen and oxygen atoms in total. The Balaban J connectivity index is 1.71. The Morgan fingerprint density at radius 1 is 1.04 bits per heavy atom. The normalized spacial score (nSPS) is 10.7. The molecule has 0 aliphatic carbocycles. The van der Waals surface area contributed by atoms with E-state index in [9.17, 15) is 4.79 Å². The van der Waals surface area contributed by atoms with Crippen LogP contribution in [0.4, 0.5) is 5.69 Å². The molecule has 24 heavy (non-hydrogen) atoms. The SMILES string of the molecule is O=C(Nc1ccccc1-c1nc2ccncc2s1)c1ccncn1. The number of nitrogens with one attached hydrogen (secondary N) is 1. The zero-order valence-electron chi connectivity index (χ0n) is 12.4. The van der Waals surface area contributed by atoms with Crippen LogP contribution in [0, 0.1) is 0 Å². The predicted molar refractivity (Wildman–Crippen MR) is 92.8 cm³/mol. The fourth-order valence-corrected chi connectivity index (χ4v) is 3.26. The Hall–Kier alpha value is -3.19. The third-order valence-electron chi connectivity index (χ3n) is 3.41. The molecule has 0 radical (unpaired) electrons. The third-order valence-corrected chi connectivity index (χ3v) is 4.45. The van der Waals surface area contributed by atoms with Crippen molar-refractivity contribution in [3.8, 4) is 10.6 Å². The third kappa shape index (κ3) is 2.72. The lowest BCUT2D eigenvalue weighted by Crippen LogP contribution is -2.14. The van der Waals surface area contributed by atoms with Crippen LogP contribution in [0.2, 0.25) is 0 Å². The van der Waals surface area contributed by atoms with Crippen molar-refractivity contribution in [1.29, 1.82) is 0 Å². The zero-order valence-corrected chi connectivity index (χ0v) is 13.2. The Bertz CT molecular complexity index is 983. The minimum Gasteiger partial charge on any atom is -0.320 e. The van der Waals surface area contributed by atoms with Crippen LogP contribution in [0.15, 0.2) is 61.3 Å². The molecule has 0 saturated heterocycles. The lowest BCUT2D eigenvalue weighted by Gasteiger charge is -2.08. The fraction of sp³-hybridized carbons (Fsp3) is 0. The molecule has 1 N–H and O–H groups in total. The van der Waals surface area contributed by atoms with Gasteiger partial charge in [0, 0.05) is 24.2 Å². The Kier molecular flexibility index (Phi) is 3.68. The Labute approximate surface area is 141 Å². The topological polar surface area (TPSA) is 80.7 Å². The van der Waals surface area contributed by atoms with Crippen molar-refractivity contribution in [3.63, 3.8) is 0 Å². The summed E-state index contributed by atoms with van der Waals surface area (Å²) in [6, 6.07) is 11.0. The van der Waals surface area contributed by atoms with Gasteiger partial charge < -0.3 is 5.32 Å². The number of hydrogen-bond donors (Lipinski definition) is 1. The van der Waals surface area contributed by atoms with E-state index in [4.69, 9.17) is 0 Å². The molecule has 3 aromatic heterocycles. The van der Waals surface area contributed by atoms with E-state index in [1.54, 1.807) is 18.5 Å². The summed E-state index contributed by atoms with van der Waals surface area (Å²) in [6.07, 6.45) is 6.39. The summed E-state index contributed by atoms with van der Waals surface area (Å²) in [4.78, 5) is 28.9. The second-order valence-electron chi connectivity index (χ2n) is 4.96. The summed E-state index contributed by atoms with van der Waals surface area (Å²) in [5.41, 5.74) is 2.75. The first-order chi connectivity index (χ1) is 11.8. The van der Waals surface area contributed by atoms with E-state index in [0.717, 1.165) is 20.8 Å². The van der Waals surface area contributed by atoms with E-state index >= 15 is 0 Å². The van der Waals surface area contributed by atoms with Gasteiger partial charge in [-0.05, 0) is 24.3 Å². The number of aromatic nitrogens is 4. The summed E-state index contributed by atoms with van der Waals surface area (Å²) >= 11 is 1.54. The molecule has 0 aliphatic heterocycles. The average Bonchev–Trinajstić information content (AvgIpc) is 3.07. The van der Waals surface area contributed by atoms with Crippen molar-refractivity contribution in [2.75, 3.05) is 5.32 Å². The Morgan fingerprint density at radius 3 is 2.75 bits per heavy atom. The van der Waals surface area contributed by atoms with Gasteiger partial charge in [0.2, 0.25) is 0 Å². The second-order valence-corrected chi connectivity index (χ2v) is 5.99. The van der Waals surface area contributed by atoms with Gasteiger partial charge >= 0.3 is 0 Å². The van der Waals surface area contributed by atoms with Crippen LogP contribution in [0.5, 0.6) is 0 Å². The molecule has 0 aliphatic rings. The van der Waals surface area contributed by atoms with Crippen LogP contribution < -0.4 is 5.32 Å². The first-order valence-corrected chi connectivity index (χ1v) is 8.00. The Morgan fingerprint density at radius 2 is 1.92 bits per heavy atom. The van der Waals surface area contributed by atoms with Gasteiger partial charge in [0.05, 0.1) is 15.9 Å². The quantitative estimate of drug-likeness (QED) is 0.621. The molecule has 4 rings (SSSR count). The number of carbonyl (C=O) groups excluding carboxylic acids is 1. The van der Waals surface area contributed by atoms with E-state index in [1.165, 1.54) is 23.9 Å². The number of fused-ring (bicyclic) bond motifs is 1. The first kappa shape index (κ1) is 14.4. The van der Waals surface area contributed by atoms with Crippen molar-refractivity contribution in [2.24, 2.45) is 0 Å². The molecule has 0 saturated carbocycles. The van der Waals surface area contributed by atoms with Gasteiger partial charge in [-0.25, -0.2) is 15.0 Å². The van der Waals surface area contributed by atoms with Gasteiger partial charge in [0.25, 0.3) is 5.91 Å². The number of anilines is 1. The summed E-state index contributed by atoms with van der Waals surface area (Å²) in [5, 5.41) is 3.72. The molecule has 1 aromatic carbocycles. The molecule has 0 spiro atoms. The highest BCUT2D eigenvalue weighted by molar-refractivity contribution is 7.21. The number of amides is 1. The standard InChI is InChI=1S/C17H11N5OS/c23-16(14-6-8-19-10-20-14)21-12-4-2-1-3-11(12)17-22-13-5-7-18-9-15(13)24-17/h1-10H,(H,21,23). The smallest absolute Gasteiger partial charge is 0.274 e. The van der Waals surface area contributed by atoms with E-state index in [2.05, 4.69) is 25.3 Å². The van der Waals surface area contributed by atoms with Gasteiger partial charge in [-0.1, -0.05) is 12.1 Å². The van der Waals surface area contributed by atoms with Gasteiger partial charge in [0.15, 0.2) is 0 Å². The van der Waals surface area contributed by atoms with Crippen LogP contribution in [0.1, 0.15) is 10.5 Å². The molecule has 7 heteroatoms. The lowest BCUT2D eigenvalue weighted by atomic mass is 10.2. The van der Waals surface area contributed by atoms with E-state index in [1.807, 2.05) is 30.3 Å². The van der Waals surface area contributed by atoms with Crippen LogP contribution in [0.3, 0.4) is 0 Å². The molecule has 0 atom stereocenters. The zero-order chi connectivity index (χ0) is 16.4. The summed E-state index contributed by atoms with van der Waals surface area (Å²) in [7, 11) is 0. The molecule has 0 fully saturated rings. The largest absolute Gasteiger partial charge is 0.320 e. The van der Waals surface area contributed by atoms with Crippen LogP contribution in [0.25, 0.3) is 20.8 Å². The maximum atomic E-state index is 12.3. The van der Waals surface area contributed by atoms with Gasteiger partial charge in [-0.2, -0.15) is 0 Å². The fourth-order valence-electron chi connectivity index (χ4n) is 2.29. The van der Waals surface area contributed by atoms with Gasteiger partial charge in [-0.15, -0.1) is 11.3 Å². The number of carbonyl (C=O) groups is 1. The number of thiazole rings is 1. The van der Waals surface area contributed by atoms with E-state index in [-0.39, 0.29) is 5.91 Å². The maximum absolute atomic E-state index is 12.3. The summed E-state index contributed by atoms with van der Waals surface area (Å²) in [5.74, 6) is -0.285. The molecule has 0 unspecified atom stereocenters. The molecule has 116 valence electrons. The van der Waals surface area contributed by atoms with Crippen LogP contribution >= 0.6 is 11.3 Å². The molecule has 1 amide bonds. The lowest BCUT2D eigenvalue weighted by molar-refractivity contribution is 0.102. The first-order valence-electron chi connectivity index (χ1n) is 7.18. The van der Waals surface area contributed by atoms with Crippen LogP contribution in [-0.4, -0.2) is 25.8 Å². The number of hydrogen-bond acceptors (Lipinski definition) is 6. The predicted octanol–water partition coefficient (Wildman–Crippen LogP) is 3.40. The van der Waals surface area contributed by atoms with E-state index < -0.39 is 0 Å².